The van der Waals surface area contributed by atoms with Crippen LogP contribution in [0.1, 0.15) is 41.9 Å². The molecule has 162 valence electrons. The smallest absolute Gasteiger partial charge is 0.226 e. The molecule has 30 heavy (non-hydrogen) atoms. The minimum absolute atomic E-state index is 0.125. The van der Waals surface area contributed by atoms with Crippen LogP contribution in [0, 0.1) is 0 Å². The summed E-state index contributed by atoms with van der Waals surface area (Å²) in [4.78, 5) is 21.7. The number of methoxy groups -OCH3 is 1. The summed E-state index contributed by atoms with van der Waals surface area (Å²) in [5.41, 5.74) is 0.858. The van der Waals surface area contributed by atoms with Crippen LogP contribution in [-0.4, -0.2) is 65.2 Å². The number of carbonyl (C=O) groups is 1. The first-order chi connectivity index (χ1) is 14.6. The highest BCUT2D eigenvalue weighted by molar-refractivity contribution is 7.09. The molecule has 2 aromatic rings. The van der Waals surface area contributed by atoms with Gasteiger partial charge in [0.1, 0.15) is 10.6 Å². The molecule has 0 unspecified atom stereocenters. The van der Waals surface area contributed by atoms with Crippen molar-refractivity contribution in [1.82, 2.24) is 14.8 Å². The van der Waals surface area contributed by atoms with E-state index in [1.54, 1.807) is 18.4 Å². The molecule has 0 spiro atoms. The Hall–Kier alpha value is -1.80. The molecule has 3 heterocycles. The van der Waals surface area contributed by atoms with E-state index in [1.165, 1.54) is 12.8 Å². The molecule has 2 fully saturated rings. The number of thiazole rings is 1. The zero-order valence-corrected chi connectivity index (χ0v) is 18.4. The molecule has 1 aromatic heterocycles. The summed E-state index contributed by atoms with van der Waals surface area (Å²) in [6.45, 7) is 3.78. The van der Waals surface area contributed by atoms with Crippen molar-refractivity contribution in [2.75, 3.05) is 33.4 Å². The normalized spacial score (nSPS) is 21.8. The molecule has 0 radical (unpaired) electrons. The Morgan fingerprint density at radius 2 is 2.03 bits per heavy atom. The van der Waals surface area contributed by atoms with Gasteiger partial charge in [-0.1, -0.05) is 30.3 Å². The van der Waals surface area contributed by atoms with Gasteiger partial charge in [-0.2, -0.15) is 0 Å². The molecule has 7 heteroatoms. The Morgan fingerprint density at radius 3 is 2.77 bits per heavy atom. The van der Waals surface area contributed by atoms with Gasteiger partial charge in [0.25, 0.3) is 0 Å². The summed E-state index contributed by atoms with van der Waals surface area (Å²) in [6, 6.07) is 10.3. The van der Waals surface area contributed by atoms with E-state index < -0.39 is 5.60 Å². The number of piperidine rings is 1. The van der Waals surface area contributed by atoms with Gasteiger partial charge in [0.2, 0.25) is 5.91 Å². The third-order valence-corrected chi connectivity index (χ3v) is 7.20. The molecule has 2 saturated heterocycles. The third-order valence-electron chi connectivity index (χ3n) is 6.37. The number of nitrogens with zero attached hydrogens (tertiary/aromatic N) is 3. The van der Waals surface area contributed by atoms with Crippen LogP contribution < -0.4 is 0 Å². The van der Waals surface area contributed by atoms with Crippen LogP contribution in [0.2, 0.25) is 0 Å². The predicted octanol–water partition coefficient (Wildman–Crippen LogP) is 2.81. The van der Waals surface area contributed by atoms with Crippen molar-refractivity contribution in [3.05, 3.63) is 52.0 Å². The average Bonchev–Trinajstić information content (AvgIpc) is 3.40. The van der Waals surface area contributed by atoms with Gasteiger partial charge in [0.05, 0.1) is 25.3 Å². The standard InChI is InChI=1S/C23H31N3O3S/c1-29-16-19-8-5-11-26(19)15-21-24-20(17-30-21)23(28)9-12-25(13-10-23)22(27)14-18-6-3-2-4-7-18/h2-4,6-7,17,19,28H,5,8-16H2,1H3/t19-/m1/s1. The van der Waals surface area contributed by atoms with Gasteiger partial charge in [0, 0.05) is 31.6 Å². The summed E-state index contributed by atoms with van der Waals surface area (Å²) in [5, 5.41) is 14.3. The Labute approximate surface area is 182 Å². The number of carbonyl (C=O) groups excluding carboxylic acids is 1. The van der Waals surface area contributed by atoms with Crippen LogP contribution in [0.3, 0.4) is 0 Å². The summed E-state index contributed by atoms with van der Waals surface area (Å²) < 4.78 is 5.35. The van der Waals surface area contributed by atoms with Gasteiger partial charge < -0.3 is 14.7 Å². The molecule has 0 aliphatic carbocycles. The van der Waals surface area contributed by atoms with E-state index in [2.05, 4.69) is 4.90 Å². The van der Waals surface area contributed by atoms with Gasteiger partial charge in [-0.25, -0.2) is 4.98 Å². The fourth-order valence-corrected chi connectivity index (χ4v) is 5.43. The van der Waals surface area contributed by atoms with Crippen molar-refractivity contribution in [2.24, 2.45) is 0 Å². The minimum Gasteiger partial charge on any atom is -0.383 e. The van der Waals surface area contributed by atoms with Gasteiger partial charge in [-0.05, 0) is 37.8 Å². The number of aliphatic hydroxyl groups is 1. The predicted molar refractivity (Wildman–Crippen MR) is 117 cm³/mol. The lowest BCUT2D eigenvalue weighted by Gasteiger charge is -2.37. The molecule has 1 atom stereocenters. The van der Waals surface area contributed by atoms with E-state index in [4.69, 9.17) is 9.72 Å². The third kappa shape index (κ3) is 4.91. The molecule has 4 rings (SSSR count). The van der Waals surface area contributed by atoms with Crippen LogP contribution in [0.5, 0.6) is 0 Å². The first-order valence-electron chi connectivity index (χ1n) is 10.8. The zero-order valence-electron chi connectivity index (χ0n) is 17.6. The van der Waals surface area contributed by atoms with E-state index in [0.717, 1.165) is 36.0 Å². The number of ether oxygens (including phenoxy) is 1. The molecular weight excluding hydrogens is 398 g/mol. The average molecular weight is 430 g/mol. The topological polar surface area (TPSA) is 65.9 Å². The molecule has 1 aromatic carbocycles. The second kappa shape index (κ2) is 9.56. The van der Waals surface area contributed by atoms with Gasteiger partial charge >= 0.3 is 0 Å². The highest BCUT2D eigenvalue weighted by Crippen LogP contribution is 2.34. The molecular formula is C23H31N3O3S. The first-order valence-corrected chi connectivity index (χ1v) is 11.7. The maximum Gasteiger partial charge on any atom is 0.226 e. The molecule has 2 aliphatic rings. The fourth-order valence-electron chi connectivity index (χ4n) is 4.52. The molecule has 1 amide bonds. The maximum absolute atomic E-state index is 12.6. The first kappa shape index (κ1) is 21.4. The Balaban J connectivity index is 1.32. The lowest BCUT2D eigenvalue weighted by Crippen LogP contribution is -2.45. The van der Waals surface area contributed by atoms with E-state index >= 15 is 0 Å². The highest BCUT2D eigenvalue weighted by atomic mass is 32.1. The monoisotopic (exact) mass is 429 g/mol. The summed E-state index contributed by atoms with van der Waals surface area (Å²) >= 11 is 1.62. The summed E-state index contributed by atoms with van der Waals surface area (Å²) in [7, 11) is 1.75. The van der Waals surface area contributed by atoms with Gasteiger partial charge in [0.15, 0.2) is 0 Å². The van der Waals surface area contributed by atoms with Crippen molar-refractivity contribution in [3.63, 3.8) is 0 Å². The van der Waals surface area contributed by atoms with Crippen molar-refractivity contribution in [3.8, 4) is 0 Å². The van der Waals surface area contributed by atoms with E-state index in [0.29, 0.717) is 38.4 Å². The molecule has 2 aliphatic heterocycles. The van der Waals surface area contributed by atoms with Crippen molar-refractivity contribution in [1.29, 1.82) is 0 Å². The number of likely N-dealkylation sites (tertiary alicyclic amines) is 2. The Bertz CT molecular complexity index is 833. The van der Waals surface area contributed by atoms with Crippen molar-refractivity contribution >= 4 is 17.2 Å². The van der Waals surface area contributed by atoms with Gasteiger partial charge in [-0.15, -0.1) is 11.3 Å². The number of amides is 1. The van der Waals surface area contributed by atoms with Crippen LogP contribution in [0.4, 0.5) is 0 Å². The maximum atomic E-state index is 12.6. The van der Waals surface area contributed by atoms with Crippen LogP contribution in [0.25, 0.3) is 0 Å². The lowest BCUT2D eigenvalue weighted by atomic mass is 9.88. The zero-order chi connectivity index (χ0) is 21.0. The van der Waals surface area contributed by atoms with Crippen molar-refractivity contribution in [2.45, 2.75) is 50.3 Å². The number of aromatic nitrogens is 1. The second-order valence-corrected chi connectivity index (χ2v) is 9.37. The van der Waals surface area contributed by atoms with Crippen LogP contribution in [0.15, 0.2) is 35.7 Å². The molecule has 1 N–H and O–H groups in total. The largest absolute Gasteiger partial charge is 0.383 e. The fraction of sp³-hybridized carbons (Fsp3) is 0.565. The highest BCUT2D eigenvalue weighted by Gasteiger charge is 2.37. The Morgan fingerprint density at radius 1 is 1.27 bits per heavy atom. The Kier molecular flexibility index (Phi) is 6.83. The minimum atomic E-state index is -0.935. The van der Waals surface area contributed by atoms with Crippen molar-refractivity contribution < 1.29 is 14.6 Å². The number of benzene rings is 1. The SMILES string of the molecule is COC[C@H]1CCCN1Cc1nc(C2(O)CCN(C(=O)Cc3ccccc3)CC2)cs1. The summed E-state index contributed by atoms with van der Waals surface area (Å²) in [5.74, 6) is 0.125. The second-order valence-electron chi connectivity index (χ2n) is 8.42. The van der Waals surface area contributed by atoms with E-state index in [9.17, 15) is 9.90 Å². The number of hydrogen-bond donors (Lipinski definition) is 1. The number of rotatable bonds is 7. The van der Waals surface area contributed by atoms with E-state index in [1.807, 2.05) is 40.6 Å². The number of hydrogen-bond acceptors (Lipinski definition) is 6. The molecule has 0 bridgehead atoms. The van der Waals surface area contributed by atoms with Crippen LogP contribution >= 0.6 is 11.3 Å². The quantitative estimate of drug-likeness (QED) is 0.733. The van der Waals surface area contributed by atoms with E-state index in [-0.39, 0.29) is 5.91 Å². The molecule has 0 saturated carbocycles. The van der Waals surface area contributed by atoms with Crippen LogP contribution in [-0.2, 0) is 28.1 Å². The lowest BCUT2D eigenvalue weighted by molar-refractivity contribution is -0.135. The summed E-state index contributed by atoms with van der Waals surface area (Å²) in [6.07, 6.45) is 3.85. The van der Waals surface area contributed by atoms with Gasteiger partial charge in [-0.3, -0.25) is 9.69 Å². The molecule has 6 nitrogen and oxygen atoms in total.